The maximum absolute atomic E-state index is 12.1. The Labute approximate surface area is 183 Å². The van der Waals surface area contributed by atoms with Crippen LogP contribution in [0.5, 0.6) is 0 Å². The smallest absolute Gasteiger partial charge is 0.444 e. The van der Waals surface area contributed by atoms with Gasteiger partial charge in [0.15, 0.2) is 0 Å². The lowest BCUT2D eigenvalue weighted by molar-refractivity contribution is -0.870. The van der Waals surface area contributed by atoms with E-state index in [1.165, 1.54) is 52.0 Å². The van der Waals surface area contributed by atoms with Gasteiger partial charge in [-0.15, -0.1) is 0 Å². The zero-order valence-electron chi connectivity index (χ0n) is 19.9. The van der Waals surface area contributed by atoms with Crippen LogP contribution in [0.4, 0.5) is 4.79 Å². The third-order valence-electron chi connectivity index (χ3n) is 4.80. The van der Waals surface area contributed by atoms with Crippen LogP contribution in [0.25, 0.3) is 0 Å². The molecular weight excluding hydrogens is 407 g/mol. The molecule has 0 rings (SSSR count). The van der Waals surface area contributed by atoms with Gasteiger partial charge in [0.2, 0.25) is 0 Å². The molecule has 180 valence electrons. The van der Waals surface area contributed by atoms with Gasteiger partial charge in [0.25, 0.3) is 0 Å². The predicted octanol–water partition coefficient (Wildman–Crippen LogP) is 4.86. The molecule has 0 aromatic carbocycles. The summed E-state index contributed by atoms with van der Waals surface area (Å²) in [6.45, 7) is 2.75. The molecule has 0 aromatic heterocycles. The summed E-state index contributed by atoms with van der Waals surface area (Å²) in [5, 5.41) is 2.40. The van der Waals surface area contributed by atoms with Crippen LogP contribution >= 0.6 is 7.82 Å². The van der Waals surface area contributed by atoms with Crippen molar-refractivity contribution >= 4 is 13.9 Å². The van der Waals surface area contributed by atoms with Crippen molar-refractivity contribution in [1.82, 2.24) is 5.32 Å². The largest absolute Gasteiger partial charge is 0.472 e. The van der Waals surface area contributed by atoms with E-state index >= 15 is 0 Å². The molecule has 2 unspecified atom stereocenters. The monoisotopic (exact) mass is 453 g/mol. The number of nitrogens with zero attached hydrogens (tertiary/aromatic N) is 1. The standard InChI is InChI=1S/C21H45N2O6P/c1-6-7-8-9-10-11-12-13-14-15-16-20(29-21(24)22-2)19-28-30(25,26)27-18-17-23(3,4)5/h20H,6-19H2,1-5H3,(H-,22,24,25,26)/p+1. The summed E-state index contributed by atoms with van der Waals surface area (Å²) < 4.78 is 28.0. The van der Waals surface area contributed by atoms with E-state index in [1.54, 1.807) is 0 Å². The lowest BCUT2D eigenvalue weighted by Gasteiger charge is -2.24. The molecule has 9 heteroatoms. The molecular formula is C21H46N2O6P+. The molecule has 30 heavy (non-hydrogen) atoms. The molecule has 0 saturated carbocycles. The zero-order valence-corrected chi connectivity index (χ0v) is 20.8. The molecule has 1 amide bonds. The number of phosphoric ester groups is 1. The van der Waals surface area contributed by atoms with Gasteiger partial charge in [-0.2, -0.15) is 0 Å². The molecule has 0 heterocycles. The maximum atomic E-state index is 12.1. The molecule has 0 aromatic rings. The number of rotatable bonds is 19. The number of hydrogen-bond acceptors (Lipinski definition) is 5. The number of phosphoric acid groups is 1. The van der Waals surface area contributed by atoms with Gasteiger partial charge in [0, 0.05) is 7.05 Å². The maximum Gasteiger partial charge on any atom is 0.472 e. The lowest BCUT2D eigenvalue weighted by Crippen LogP contribution is -2.37. The van der Waals surface area contributed by atoms with E-state index in [9.17, 15) is 14.3 Å². The van der Waals surface area contributed by atoms with Gasteiger partial charge in [-0.3, -0.25) is 9.05 Å². The first-order valence-corrected chi connectivity index (χ1v) is 12.9. The Balaban J connectivity index is 4.13. The van der Waals surface area contributed by atoms with Gasteiger partial charge < -0.3 is 19.4 Å². The van der Waals surface area contributed by atoms with E-state index in [0.717, 1.165) is 19.3 Å². The quantitative estimate of drug-likeness (QED) is 0.165. The number of nitrogens with one attached hydrogen (secondary N) is 1. The predicted molar refractivity (Wildman–Crippen MR) is 120 cm³/mol. The molecule has 0 fully saturated rings. The van der Waals surface area contributed by atoms with Crippen LogP contribution in [0.1, 0.15) is 77.6 Å². The van der Waals surface area contributed by atoms with Gasteiger partial charge in [0.1, 0.15) is 19.3 Å². The second kappa shape index (κ2) is 17.0. The minimum atomic E-state index is -4.17. The number of ether oxygens (including phenoxy) is 1. The molecule has 8 nitrogen and oxygen atoms in total. The Hall–Kier alpha value is -0.660. The third-order valence-corrected chi connectivity index (χ3v) is 5.78. The summed E-state index contributed by atoms with van der Waals surface area (Å²) in [6, 6.07) is 0. The molecule has 0 saturated heterocycles. The molecule has 0 spiro atoms. The molecule has 0 aliphatic heterocycles. The lowest BCUT2D eigenvalue weighted by atomic mass is 10.0. The topological polar surface area (TPSA) is 94.1 Å². The Morgan fingerprint density at radius 3 is 2.00 bits per heavy atom. The van der Waals surface area contributed by atoms with E-state index in [1.807, 2.05) is 21.1 Å². The third kappa shape index (κ3) is 19.3. The van der Waals surface area contributed by atoms with Crippen LogP contribution in [0.15, 0.2) is 0 Å². The van der Waals surface area contributed by atoms with E-state index in [0.29, 0.717) is 17.4 Å². The van der Waals surface area contributed by atoms with Crippen molar-refractivity contribution in [2.75, 3.05) is 47.9 Å². The number of quaternary nitrogens is 1. The normalized spacial score (nSPS) is 14.9. The van der Waals surface area contributed by atoms with Gasteiger partial charge in [-0.05, 0) is 12.8 Å². The second-order valence-corrected chi connectivity index (χ2v) is 10.3. The Morgan fingerprint density at radius 1 is 0.967 bits per heavy atom. The van der Waals surface area contributed by atoms with Crippen LogP contribution in [-0.4, -0.2) is 69.5 Å². The van der Waals surface area contributed by atoms with Crippen molar-refractivity contribution in [1.29, 1.82) is 0 Å². The molecule has 2 N–H and O–H groups in total. The first kappa shape index (κ1) is 29.3. The van der Waals surface area contributed by atoms with Gasteiger partial charge in [-0.25, -0.2) is 9.36 Å². The highest BCUT2D eigenvalue weighted by Gasteiger charge is 2.25. The van der Waals surface area contributed by atoms with Gasteiger partial charge in [0.05, 0.1) is 27.7 Å². The summed E-state index contributed by atoms with van der Waals surface area (Å²) in [5.41, 5.74) is 0. The average molecular weight is 454 g/mol. The van der Waals surface area contributed by atoms with Crippen molar-refractivity contribution < 1.29 is 32.5 Å². The van der Waals surface area contributed by atoms with Crippen molar-refractivity contribution in [3.05, 3.63) is 0 Å². The highest BCUT2D eigenvalue weighted by molar-refractivity contribution is 7.47. The second-order valence-electron chi connectivity index (χ2n) is 8.86. The number of amides is 1. The Kier molecular flexibility index (Phi) is 16.6. The van der Waals surface area contributed by atoms with E-state index in [4.69, 9.17) is 13.8 Å². The van der Waals surface area contributed by atoms with Crippen LogP contribution in [-0.2, 0) is 18.3 Å². The first-order chi connectivity index (χ1) is 14.1. The van der Waals surface area contributed by atoms with E-state index in [2.05, 4.69) is 12.2 Å². The van der Waals surface area contributed by atoms with Crippen LogP contribution in [0, 0.1) is 0 Å². The number of carbonyl (C=O) groups is 1. The van der Waals surface area contributed by atoms with Crippen LogP contribution in [0.2, 0.25) is 0 Å². The highest BCUT2D eigenvalue weighted by Crippen LogP contribution is 2.43. The average Bonchev–Trinajstić information content (AvgIpc) is 2.66. The Bertz CT molecular complexity index is 485. The number of alkyl carbamates (subject to hydrolysis) is 1. The fourth-order valence-corrected chi connectivity index (χ4v) is 3.63. The summed E-state index contributed by atoms with van der Waals surface area (Å²) in [6.07, 6.45) is 11.5. The fraction of sp³-hybridized carbons (Fsp3) is 0.952. The first-order valence-electron chi connectivity index (χ1n) is 11.4. The number of carbonyl (C=O) groups excluding carboxylic acids is 1. The molecule has 0 aliphatic rings. The minimum Gasteiger partial charge on any atom is -0.444 e. The summed E-state index contributed by atoms with van der Waals surface area (Å²) in [7, 11) is 3.20. The van der Waals surface area contributed by atoms with Crippen LogP contribution < -0.4 is 5.32 Å². The van der Waals surface area contributed by atoms with Gasteiger partial charge in [-0.1, -0.05) is 64.7 Å². The van der Waals surface area contributed by atoms with Gasteiger partial charge >= 0.3 is 13.9 Å². The molecule has 0 aliphatic carbocycles. The van der Waals surface area contributed by atoms with E-state index in [-0.39, 0.29) is 13.2 Å². The number of likely N-dealkylation sites (N-methyl/N-ethyl adjacent to an activating group) is 1. The van der Waals surface area contributed by atoms with E-state index < -0.39 is 20.0 Å². The summed E-state index contributed by atoms with van der Waals surface area (Å²) >= 11 is 0. The number of unbranched alkanes of at least 4 members (excludes halogenated alkanes) is 9. The molecule has 0 bridgehead atoms. The summed E-state index contributed by atoms with van der Waals surface area (Å²) in [4.78, 5) is 21.4. The number of hydrogen-bond donors (Lipinski definition) is 2. The van der Waals surface area contributed by atoms with Crippen molar-refractivity contribution in [3.63, 3.8) is 0 Å². The minimum absolute atomic E-state index is 0.108. The van der Waals surface area contributed by atoms with Crippen molar-refractivity contribution in [3.8, 4) is 0 Å². The Morgan fingerprint density at radius 2 is 1.50 bits per heavy atom. The van der Waals surface area contributed by atoms with Crippen molar-refractivity contribution in [2.24, 2.45) is 0 Å². The highest BCUT2D eigenvalue weighted by atomic mass is 31.2. The molecule has 2 atom stereocenters. The fourth-order valence-electron chi connectivity index (χ4n) is 2.89. The van der Waals surface area contributed by atoms with Crippen LogP contribution in [0.3, 0.4) is 0 Å². The summed E-state index contributed by atoms with van der Waals surface area (Å²) in [5.74, 6) is 0. The molecule has 0 radical (unpaired) electrons. The van der Waals surface area contributed by atoms with Crippen molar-refractivity contribution in [2.45, 2.75) is 83.7 Å². The SMILES string of the molecule is CCCCCCCCCCCCC(COP(=O)(O)OCC[N+](C)(C)C)OC(=O)NC. The zero-order chi connectivity index (χ0) is 22.9.